The molecule has 0 fully saturated rings. The van der Waals surface area contributed by atoms with Gasteiger partial charge in [-0.1, -0.05) is 64.1 Å². The van der Waals surface area contributed by atoms with Gasteiger partial charge in [0.05, 0.1) is 17.7 Å². The van der Waals surface area contributed by atoms with E-state index in [1.54, 1.807) is 25.1 Å². The number of ether oxygens (including phenoxy) is 1. The molecule has 0 saturated heterocycles. The molecule has 1 atom stereocenters. The van der Waals surface area contributed by atoms with Gasteiger partial charge >= 0.3 is 0 Å². The lowest BCUT2D eigenvalue weighted by Gasteiger charge is -2.29. The Morgan fingerprint density at radius 1 is 1.05 bits per heavy atom. The number of carbonyl (C=O) groups excluding carboxylic acids is 2. The van der Waals surface area contributed by atoms with E-state index in [1.165, 1.54) is 28.3 Å². The number of aromatic hydroxyl groups is 1. The van der Waals surface area contributed by atoms with Gasteiger partial charge in [-0.25, -0.2) is 0 Å². The third-order valence-electron chi connectivity index (χ3n) is 8.15. The molecule has 0 aromatic heterocycles. The Morgan fingerprint density at radius 2 is 1.72 bits per heavy atom. The summed E-state index contributed by atoms with van der Waals surface area (Å²) >= 11 is 0. The number of rotatable bonds is 9. The standard InChI is InChI=1S/C34H41NO4/c1-20(2)24-12-14-25(15-13-24)28-19-39-32-30(23(5)36)21(3)27(22(4)31(28)32)18-34(6,7)16-17-35-33(38)26-10-8-9-11-29(26)37/h8-15,20,28,37H,16-19H2,1-7H3,(H,35,38). The topological polar surface area (TPSA) is 75.6 Å². The lowest BCUT2D eigenvalue weighted by molar-refractivity contribution is 0.0944. The minimum absolute atomic E-state index is 0.0218. The van der Waals surface area contributed by atoms with Crippen molar-refractivity contribution in [2.75, 3.05) is 13.2 Å². The minimum Gasteiger partial charge on any atom is -0.507 e. The second kappa shape index (κ2) is 11.3. The van der Waals surface area contributed by atoms with Crippen molar-refractivity contribution in [3.8, 4) is 11.5 Å². The van der Waals surface area contributed by atoms with Crippen LogP contribution < -0.4 is 10.1 Å². The van der Waals surface area contributed by atoms with Crippen LogP contribution in [0.4, 0.5) is 0 Å². The van der Waals surface area contributed by atoms with Gasteiger partial charge in [0.2, 0.25) is 0 Å². The smallest absolute Gasteiger partial charge is 0.255 e. The summed E-state index contributed by atoms with van der Waals surface area (Å²) in [6, 6.07) is 15.3. The maximum absolute atomic E-state index is 12.9. The summed E-state index contributed by atoms with van der Waals surface area (Å²) in [6.07, 6.45) is 1.51. The molecule has 0 bridgehead atoms. The van der Waals surface area contributed by atoms with Gasteiger partial charge in [0.15, 0.2) is 5.78 Å². The van der Waals surface area contributed by atoms with Crippen molar-refractivity contribution in [1.82, 2.24) is 5.32 Å². The van der Waals surface area contributed by atoms with E-state index in [9.17, 15) is 14.7 Å². The number of nitrogens with one attached hydrogen (secondary N) is 1. The summed E-state index contributed by atoms with van der Waals surface area (Å²) in [5.41, 5.74) is 7.83. The van der Waals surface area contributed by atoms with E-state index in [-0.39, 0.29) is 34.3 Å². The van der Waals surface area contributed by atoms with Gasteiger partial charge in [0.25, 0.3) is 5.91 Å². The quantitative estimate of drug-likeness (QED) is 0.288. The number of phenolic OH excluding ortho intramolecular Hbond substituents is 1. The van der Waals surface area contributed by atoms with Crippen LogP contribution in [0.1, 0.15) is 107 Å². The first kappa shape index (κ1) is 28.4. The van der Waals surface area contributed by atoms with Crippen LogP contribution >= 0.6 is 0 Å². The lowest BCUT2D eigenvalue weighted by atomic mass is 9.76. The second-order valence-corrected chi connectivity index (χ2v) is 12.0. The molecule has 1 unspecified atom stereocenters. The molecule has 0 aliphatic carbocycles. The molecular weight excluding hydrogens is 486 g/mol. The van der Waals surface area contributed by atoms with Gasteiger partial charge in [-0.15, -0.1) is 0 Å². The molecule has 2 N–H and O–H groups in total. The molecule has 0 saturated carbocycles. The van der Waals surface area contributed by atoms with Gasteiger partial charge in [0, 0.05) is 18.0 Å². The van der Waals surface area contributed by atoms with Gasteiger partial charge in [-0.2, -0.15) is 0 Å². The molecule has 3 aromatic rings. The van der Waals surface area contributed by atoms with Crippen LogP contribution in [0.5, 0.6) is 11.5 Å². The van der Waals surface area contributed by atoms with Crippen LogP contribution in [0.15, 0.2) is 48.5 Å². The maximum atomic E-state index is 12.9. The third kappa shape index (κ3) is 5.88. The van der Waals surface area contributed by atoms with E-state index < -0.39 is 0 Å². The average molecular weight is 528 g/mol. The highest BCUT2D eigenvalue weighted by molar-refractivity contribution is 6.00. The number of Topliss-reactive ketones (excluding diaryl/α,β-unsaturated/α-hetero) is 1. The number of hydrogen-bond acceptors (Lipinski definition) is 4. The Balaban J connectivity index is 1.60. The Bertz CT molecular complexity index is 1390. The summed E-state index contributed by atoms with van der Waals surface area (Å²) in [6.45, 7) is 15.6. The highest BCUT2D eigenvalue weighted by Crippen LogP contribution is 2.47. The number of phenols is 1. The molecule has 1 aliphatic heterocycles. The SMILES string of the molecule is CC(=O)c1c(C)c(CC(C)(C)CCNC(=O)c2ccccc2O)c(C)c2c1OCC2c1ccc(C(C)C)cc1. The van der Waals surface area contributed by atoms with E-state index in [2.05, 4.69) is 64.2 Å². The van der Waals surface area contributed by atoms with Gasteiger partial charge in [0.1, 0.15) is 11.5 Å². The highest BCUT2D eigenvalue weighted by Gasteiger charge is 2.35. The molecule has 0 radical (unpaired) electrons. The van der Waals surface area contributed by atoms with Crippen LogP contribution in [-0.4, -0.2) is 29.9 Å². The molecular formula is C34H41NO4. The summed E-state index contributed by atoms with van der Waals surface area (Å²) in [5, 5.41) is 12.9. The monoisotopic (exact) mass is 527 g/mol. The lowest BCUT2D eigenvalue weighted by Crippen LogP contribution is -2.29. The summed E-state index contributed by atoms with van der Waals surface area (Å²) in [5.74, 6) is 1.01. The molecule has 206 valence electrons. The maximum Gasteiger partial charge on any atom is 0.255 e. The number of para-hydroxylation sites is 1. The largest absolute Gasteiger partial charge is 0.507 e. The van der Waals surface area contributed by atoms with E-state index in [4.69, 9.17) is 4.74 Å². The Hall–Kier alpha value is -3.60. The molecule has 3 aromatic carbocycles. The number of benzene rings is 3. The molecule has 1 amide bonds. The fourth-order valence-electron chi connectivity index (χ4n) is 5.80. The molecule has 39 heavy (non-hydrogen) atoms. The molecule has 4 rings (SSSR count). The summed E-state index contributed by atoms with van der Waals surface area (Å²) in [4.78, 5) is 25.5. The van der Waals surface area contributed by atoms with Crippen molar-refractivity contribution in [2.45, 2.75) is 73.1 Å². The van der Waals surface area contributed by atoms with Crippen molar-refractivity contribution < 1.29 is 19.4 Å². The fraction of sp³-hybridized carbons (Fsp3) is 0.412. The van der Waals surface area contributed by atoms with Crippen LogP contribution in [0.2, 0.25) is 0 Å². The molecule has 5 nitrogen and oxygen atoms in total. The predicted octanol–water partition coefficient (Wildman–Crippen LogP) is 7.25. The van der Waals surface area contributed by atoms with Crippen LogP contribution in [0, 0.1) is 19.3 Å². The molecule has 1 heterocycles. The first-order valence-electron chi connectivity index (χ1n) is 13.9. The van der Waals surface area contributed by atoms with Gasteiger partial charge in [-0.3, -0.25) is 9.59 Å². The van der Waals surface area contributed by atoms with Crippen molar-refractivity contribution in [1.29, 1.82) is 0 Å². The number of ketones is 1. The first-order chi connectivity index (χ1) is 18.4. The van der Waals surface area contributed by atoms with Gasteiger partial charge in [-0.05, 0) is 84.9 Å². The zero-order valence-corrected chi connectivity index (χ0v) is 24.3. The number of carbonyl (C=O) groups is 2. The van der Waals surface area contributed by atoms with Crippen molar-refractivity contribution >= 4 is 11.7 Å². The van der Waals surface area contributed by atoms with E-state index >= 15 is 0 Å². The predicted molar refractivity (Wildman–Crippen MR) is 156 cm³/mol. The van der Waals surface area contributed by atoms with Gasteiger partial charge < -0.3 is 15.2 Å². The van der Waals surface area contributed by atoms with Crippen LogP contribution in [0.25, 0.3) is 0 Å². The third-order valence-corrected chi connectivity index (χ3v) is 8.15. The fourth-order valence-corrected chi connectivity index (χ4v) is 5.80. The second-order valence-electron chi connectivity index (χ2n) is 12.0. The van der Waals surface area contributed by atoms with E-state index in [1.807, 2.05) is 6.92 Å². The van der Waals surface area contributed by atoms with Crippen LogP contribution in [0.3, 0.4) is 0 Å². The Morgan fingerprint density at radius 3 is 2.33 bits per heavy atom. The van der Waals surface area contributed by atoms with E-state index in [0.29, 0.717) is 24.6 Å². The molecule has 1 aliphatic rings. The molecule has 5 heteroatoms. The normalized spacial score (nSPS) is 14.7. The number of amides is 1. The van der Waals surface area contributed by atoms with Crippen molar-refractivity contribution in [3.63, 3.8) is 0 Å². The summed E-state index contributed by atoms with van der Waals surface area (Å²) in [7, 11) is 0. The highest BCUT2D eigenvalue weighted by atomic mass is 16.5. The van der Waals surface area contributed by atoms with Crippen LogP contribution in [-0.2, 0) is 6.42 Å². The Kier molecular flexibility index (Phi) is 8.20. The minimum atomic E-state index is -0.281. The molecule has 0 spiro atoms. The number of hydrogen-bond donors (Lipinski definition) is 2. The summed E-state index contributed by atoms with van der Waals surface area (Å²) < 4.78 is 6.24. The van der Waals surface area contributed by atoms with Crippen molar-refractivity contribution in [3.05, 3.63) is 93.0 Å². The Labute approximate surface area is 232 Å². The zero-order chi connectivity index (χ0) is 28.5. The van der Waals surface area contributed by atoms with E-state index in [0.717, 1.165) is 29.7 Å². The zero-order valence-electron chi connectivity index (χ0n) is 24.3. The van der Waals surface area contributed by atoms with Crippen molar-refractivity contribution in [2.24, 2.45) is 5.41 Å². The number of fused-ring (bicyclic) bond motifs is 1. The first-order valence-corrected chi connectivity index (χ1v) is 13.9. The average Bonchev–Trinajstić information content (AvgIpc) is 3.31.